The van der Waals surface area contributed by atoms with Gasteiger partial charge < -0.3 is 4.98 Å². The molecule has 1 N–H and O–H groups in total. The highest BCUT2D eigenvalue weighted by Crippen LogP contribution is 2.17. The molecule has 0 saturated heterocycles. The minimum atomic E-state index is -0.741. The fraction of sp³-hybridized carbons (Fsp3) is 0.0833. The molecule has 0 aliphatic heterocycles. The number of hydrogen-bond acceptors (Lipinski definition) is 3. The maximum atomic E-state index is 13.1. The Bertz CT molecular complexity index is 779. The largest absolute Gasteiger partial charge is 0.333 e. The molecule has 98 valence electrons. The molecule has 0 bridgehead atoms. The van der Waals surface area contributed by atoms with Crippen molar-refractivity contribution in [2.75, 3.05) is 0 Å². The van der Waals surface area contributed by atoms with Crippen molar-refractivity contribution in [3.63, 3.8) is 0 Å². The Morgan fingerprint density at radius 2 is 2.05 bits per heavy atom. The van der Waals surface area contributed by atoms with Crippen molar-refractivity contribution in [2.45, 2.75) is 6.92 Å². The molecule has 0 atom stereocenters. The first-order chi connectivity index (χ1) is 8.91. The van der Waals surface area contributed by atoms with Gasteiger partial charge in [0.25, 0.3) is 5.56 Å². The quantitative estimate of drug-likeness (QED) is 0.852. The number of halogens is 2. The summed E-state index contributed by atoms with van der Waals surface area (Å²) in [6.07, 6.45) is 1.07. The molecule has 0 spiro atoms. The lowest BCUT2D eigenvalue weighted by Gasteiger charge is -2.06. The van der Waals surface area contributed by atoms with Crippen molar-refractivity contribution in [3.8, 4) is 5.69 Å². The molecule has 0 unspecified atom stereocenters. The molecule has 19 heavy (non-hydrogen) atoms. The van der Waals surface area contributed by atoms with E-state index in [4.69, 9.17) is 0 Å². The summed E-state index contributed by atoms with van der Waals surface area (Å²) in [6.45, 7) is 1.22. The average Bonchev–Trinajstić information content (AvgIpc) is 2.33. The number of nitrogens with one attached hydrogen (secondary N) is 1. The van der Waals surface area contributed by atoms with Gasteiger partial charge in [0.2, 0.25) is 0 Å². The van der Waals surface area contributed by atoms with E-state index in [0.29, 0.717) is 0 Å². The van der Waals surface area contributed by atoms with Gasteiger partial charge in [0.05, 0.1) is 15.7 Å². The number of aromatic nitrogens is 2. The van der Waals surface area contributed by atoms with Crippen LogP contribution >= 0.6 is 15.9 Å². The zero-order valence-corrected chi connectivity index (χ0v) is 11.3. The van der Waals surface area contributed by atoms with Crippen molar-refractivity contribution in [1.82, 2.24) is 9.55 Å². The number of hydrogen-bond donors (Lipinski definition) is 1. The van der Waals surface area contributed by atoms with E-state index in [-0.39, 0.29) is 15.7 Å². The number of H-pyrrole nitrogens is 1. The first-order valence-corrected chi connectivity index (χ1v) is 6.02. The van der Waals surface area contributed by atoms with E-state index in [1.165, 1.54) is 19.1 Å². The number of benzene rings is 1. The van der Waals surface area contributed by atoms with Crippen LogP contribution in [0.1, 0.15) is 17.3 Å². The highest BCUT2D eigenvalue weighted by Gasteiger charge is 2.13. The zero-order chi connectivity index (χ0) is 14.2. The van der Waals surface area contributed by atoms with Gasteiger partial charge in [-0.25, -0.2) is 13.8 Å². The van der Waals surface area contributed by atoms with E-state index in [0.717, 1.165) is 16.8 Å². The molecular weight excluding hydrogens is 319 g/mol. The molecule has 2 rings (SSSR count). The molecule has 0 aliphatic carbocycles. The number of aromatic amines is 1. The number of nitrogens with zero attached hydrogens (tertiary/aromatic N) is 1. The summed E-state index contributed by atoms with van der Waals surface area (Å²) in [5.74, 6) is -0.980. The van der Waals surface area contributed by atoms with Gasteiger partial charge in [0, 0.05) is 6.20 Å². The molecular formula is C12H8BrFN2O3. The highest BCUT2D eigenvalue weighted by molar-refractivity contribution is 9.10. The Morgan fingerprint density at radius 3 is 2.63 bits per heavy atom. The summed E-state index contributed by atoms with van der Waals surface area (Å²) < 4.78 is 14.0. The third kappa shape index (κ3) is 2.41. The van der Waals surface area contributed by atoms with E-state index in [1.807, 2.05) is 0 Å². The summed E-state index contributed by atoms with van der Waals surface area (Å²) in [5.41, 5.74) is -1.41. The Hall–Kier alpha value is -2.02. The Labute approximate surface area is 114 Å². The summed E-state index contributed by atoms with van der Waals surface area (Å²) in [7, 11) is 0. The maximum Gasteiger partial charge on any atom is 0.333 e. The number of carbonyl (C=O) groups is 1. The zero-order valence-electron chi connectivity index (χ0n) is 9.74. The van der Waals surface area contributed by atoms with Crippen LogP contribution in [0.5, 0.6) is 0 Å². The fourth-order valence-electron chi connectivity index (χ4n) is 1.58. The van der Waals surface area contributed by atoms with Crippen LogP contribution in [0, 0.1) is 5.82 Å². The Morgan fingerprint density at radius 1 is 1.37 bits per heavy atom. The van der Waals surface area contributed by atoms with Crippen LogP contribution < -0.4 is 11.2 Å². The normalized spacial score (nSPS) is 10.5. The number of rotatable bonds is 2. The molecule has 0 aliphatic rings. The van der Waals surface area contributed by atoms with E-state index < -0.39 is 22.8 Å². The minimum Gasteiger partial charge on any atom is -0.313 e. The van der Waals surface area contributed by atoms with Crippen LogP contribution in [0.2, 0.25) is 0 Å². The highest BCUT2D eigenvalue weighted by atomic mass is 79.9. The number of ketones is 1. The van der Waals surface area contributed by atoms with Crippen molar-refractivity contribution in [2.24, 2.45) is 0 Å². The predicted molar refractivity (Wildman–Crippen MR) is 70.3 cm³/mol. The molecule has 1 aromatic heterocycles. The SMILES string of the molecule is CC(=O)c1c[nH]c(=O)n(-c2ccc(F)c(Br)c2)c1=O. The summed E-state index contributed by atoms with van der Waals surface area (Å²) in [6, 6.07) is 3.68. The van der Waals surface area contributed by atoms with Crippen LogP contribution in [-0.4, -0.2) is 15.3 Å². The molecule has 1 aromatic carbocycles. The standard InChI is InChI=1S/C12H8BrFN2O3/c1-6(17)8-5-15-12(19)16(11(8)18)7-2-3-10(14)9(13)4-7/h2-5H,1H3,(H,15,19). The molecule has 0 saturated carbocycles. The van der Waals surface area contributed by atoms with Crippen molar-refractivity contribution >= 4 is 21.7 Å². The van der Waals surface area contributed by atoms with Crippen molar-refractivity contribution in [3.05, 3.63) is 61.1 Å². The van der Waals surface area contributed by atoms with Gasteiger partial charge in [-0.1, -0.05) is 0 Å². The molecule has 0 fully saturated rings. The van der Waals surface area contributed by atoms with Gasteiger partial charge in [-0.15, -0.1) is 0 Å². The number of carbonyl (C=O) groups excluding carboxylic acids is 1. The van der Waals surface area contributed by atoms with Crippen molar-refractivity contribution in [1.29, 1.82) is 0 Å². The number of Topliss-reactive ketones (excluding diaryl/α,β-unsaturated/α-hetero) is 1. The van der Waals surface area contributed by atoms with Gasteiger partial charge in [-0.3, -0.25) is 9.59 Å². The monoisotopic (exact) mass is 326 g/mol. The van der Waals surface area contributed by atoms with Gasteiger partial charge >= 0.3 is 5.69 Å². The molecule has 2 aromatic rings. The van der Waals surface area contributed by atoms with E-state index in [9.17, 15) is 18.8 Å². The van der Waals surface area contributed by atoms with Crippen LogP contribution in [-0.2, 0) is 0 Å². The van der Waals surface area contributed by atoms with Gasteiger partial charge in [0.15, 0.2) is 5.78 Å². The second kappa shape index (κ2) is 4.93. The first kappa shape index (κ1) is 13.4. The summed E-state index contributed by atoms with van der Waals surface area (Å²) in [5, 5.41) is 0. The van der Waals surface area contributed by atoms with Crippen LogP contribution in [0.25, 0.3) is 5.69 Å². The van der Waals surface area contributed by atoms with Gasteiger partial charge in [-0.05, 0) is 41.1 Å². The Kier molecular flexibility index (Phi) is 3.48. The molecule has 5 nitrogen and oxygen atoms in total. The van der Waals surface area contributed by atoms with Crippen molar-refractivity contribution < 1.29 is 9.18 Å². The van der Waals surface area contributed by atoms with Crippen LogP contribution in [0.4, 0.5) is 4.39 Å². The molecule has 0 amide bonds. The average molecular weight is 327 g/mol. The fourth-order valence-corrected chi connectivity index (χ4v) is 1.95. The first-order valence-electron chi connectivity index (χ1n) is 5.23. The van der Waals surface area contributed by atoms with Crippen LogP contribution in [0.3, 0.4) is 0 Å². The molecule has 0 radical (unpaired) electrons. The van der Waals surface area contributed by atoms with Crippen LogP contribution in [0.15, 0.2) is 38.5 Å². The third-order valence-corrected chi connectivity index (χ3v) is 3.12. The predicted octanol–water partition coefficient (Wildman–Crippen LogP) is 1.63. The smallest absolute Gasteiger partial charge is 0.313 e. The maximum absolute atomic E-state index is 13.1. The van der Waals surface area contributed by atoms with E-state index in [1.54, 1.807) is 0 Å². The summed E-state index contributed by atoms with van der Waals surface area (Å²) >= 11 is 2.97. The van der Waals surface area contributed by atoms with E-state index in [2.05, 4.69) is 20.9 Å². The molecule has 1 heterocycles. The third-order valence-electron chi connectivity index (χ3n) is 2.52. The lowest BCUT2D eigenvalue weighted by molar-refractivity contribution is 0.101. The lowest BCUT2D eigenvalue weighted by atomic mass is 10.2. The summed E-state index contributed by atoms with van der Waals surface area (Å²) in [4.78, 5) is 37.3. The Balaban J connectivity index is 2.78. The topological polar surface area (TPSA) is 71.9 Å². The lowest BCUT2D eigenvalue weighted by Crippen LogP contribution is -2.36. The molecule has 7 heteroatoms. The second-order valence-corrected chi connectivity index (χ2v) is 4.66. The van der Waals surface area contributed by atoms with Gasteiger partial charge in [0.1, 0.15) is 5.82 Å². The van der Waals surface area contributed by atoms with E-state index >= 15 is 0 Å². The van der Waals surface area contributed by atoms with Gasteiger partial charge in [-0.2, -0.15) is 0 Å². The minimum absolute atomic E-state index is 0.115. The second-order valence-electron chi connectivity index (χ2n) is 3.80.